The number of hydrogen-bond donors (Lipinski definition) is 1. The number of nitrogens with one attached hydrogen (secondary N) is 1. The van der Waals surface area contributed by atoms with E-state index in [4.69, 9.17) is 14.2 Å². The molecule has 1 aliphatic rings. The maximum Gasteiger partial charge on any atom is 0.126 e. The van der Waals surface area contributed by atoms with Gasteiger partial charge in [-0.25, -0.2) is 0 Å². The summed E-state index contributed by atoms with van der Waals surface area (Å²) in [6, 6.07) is 6.36. The first-order chi connectivity index (χ1) is 11.0. The summed E-state index contributed by atoms with van der Waals surface area (Å²) in [5.74, 6) is 1.02. The van der Waals surface area contributed by atoms with Crippen LogP contribution < -0.4 is 9.64 Å². The van der Waals surface area contributed by atoms with E-state index in [0.29, 0.717) is 13.2 Å². The van der Waals surface area contributed by atoms with Gasteiger partial charge in [-0.05, 0) is 23.5 Å². The van der Waals surface area contributed by atoms with Crippen molar-refractivity contribution in [3.8, 4) is 5.75 Å². The topological polar surface area (TPSA) is 32.1 Å². The number of ether oxygens (including phenoxy) is 3. The second-order valence-electron chi connectivity index (χ2n) is 7.27. The van der Waals surface area contributed by atoms with Crippen molar-refractivity contribution in [1.29, 1.82) is 0 Å². The van der Waals surface area contributed by atoms with E-state index in [2.05, 4.69) is 45.9 Å². The van der Waals surface area contributed by atoms with Crippen molar-refractivity contribution < 1.29 is 19.1 Å². The van der Waals surface area contributed by atoms with Crippen molar-refractivity contribution in [2.45, 2.75) is 33.1 Å². The van der Waals surface area contributed by atoms with Crippen LogP contribution in [0.1, 0.15) is 31.9 Å². The molecule has 4 nitrogen and oxygen atoms in total. The third kappa shape index (κ3) is 5.79. The molecular formula is C19H32NO3+. The first kappa shape index (κ1) is 18.2. The Labute approximate surface area is 140 Å². The quantitative estimate of drug-likeness (QED) is 0.774. The fourth-order valence-corrected chi connectivity index (χ4v) is 2.87. The molecule has 0 bridgehead atoms. The molecule has 1 heterocycles. The summed E-state index contributed by atoms with van der Waals surface area (Å²) in [5, 5.41) is 0. The van der Waals surface area contributed by atoms with Gasteiger partial charge in [0.05, 0.1) is 26.4 Å². The van der Waals surface area contributed by atoms with E-state index in [1.54, 1.807) is 4.90 Å². The molecule has 4 heteroatoms. The predicted molar refractivity (Wildman–Crippen MR) is 92.6 cm³/mol. The second-order valence-corrected chi connectivity index (χ2v) is 7.27. The molecule has 1 aliphatic heterocycles. The second kappa shape index (κ2) is 8.67. The average Bonchev–Trinajstić information content (AvgIpc) is 2.52. The zero-order valence-electron chi connectivity index (χ0n) is 15.1. The molecule has 1 aromatic rings. The Kier molecular flexibility index (Phi) is 6.88. The molecule has 1 saturated heterocycles. The molecule has 0 aliphatic carbocycles. The molecule has 1 N–H and O–H groups in total. The number of aryl methyl sites for hydroxylation is 1. The van der Waals surface area contributed by atoms with Gasteiger partial charge < -0.3 is 19.1 Å². The zero-order chi connectivity index (χ0) is 16.7. The lowest BCUT2D eigenvalue weighted by Gasteiger charge is -2.24. The van der Waals surface area contributed by atoms with Crippen LogP contribution in [0.15, 0.2) is 18.2 Å². The third-order valence-electron chi connectivity index (χ3n) is 4.29. The van der Waals surface area contributed by atoms with Gasteiger partial charge >= 0.3 is 0 Å². The van der Waals surface area contributed by atoms with E-state index in [9.17, 15) is 0 Å². The fraction of sp³-hybridized carbons (Fsp3) is 0.684. The van der Waals surface area contributed by atoms with Gasteiger partial charge in [-0.2, -0.15) is 0 Å². The smallest absolute Gasteiger partial charge is 0.126 e. The Morgan fingerprint density at radius 3 is 2.52 bits per heavy atom. The Morgan fingerprint density at radius 1 is 1.09 bits per heavy atom. The van der Waals surface area contributed by atoms with Crippen LogP contribution in [0.4, 0.5) is 0 Å². The van der Waals surface area contributed by atoms with E-state index in [1.165, 1.54) is 11.1 Å². The third-order valence-corrected chi connectivity index (χ3v) is 4.29. The summed E-state index contributed by atoms with van der Waals surface area (Å²) in [6.07, 6.45) is 0. The largest absolute Gasteiger partial charge is 0.491 e. The summed E-state index contributed by atoms with van der Waals surface area (Å²) >= 11 is 0. The molecule has 0 amide bonds. The van der Waals surface area contributed by atoms with Crippen molar-refractivity contribution in [3.05, 3.63) is 29.3 Å². The lowest BCUT2D eigenvalue weighted by Crippen LogP contribution is -3.14. The summed E-state index contributed by atoms with van der Waals surface area (Å²) in [6.45, 7) is 15.8. The Morgan fingerprint density at radius 2 is 1.83 bits per heavy atom. The van der Waals surface area contributed by atoms with Crippen LogP contribution in [-0.2, 0) is 14.9 Å². The van der Waals surface area contributed by atoms with E-state index < -0.39 is 0 Å². The lowest BCUT2D eigenvalue weighted by molar-refractivity contribution is -0.908. The van der Waals surface area contributed by atoms with Crippen molar-refractivity contribution in [3.63, 3.8) is 0 Å². The highest BCUT2D eigenvalue weighted by molar-refractivity contribution is 5.44. The predicted octanol–water partition coefficient (Wildman–Crippen LogP) is 1.60. The summed E-state index contributed by atoms with van der Waals surface area (Å²) in [7, 11) is 0. The minimum absolute atomic E-state index is 0.0852. The molecule has 0 saturated carbocycles. The monoisotopic (exact) mass is 322 g/mol. The number of rotatable bonds is 7. The van der Waals surface area contributed by atoms with E-state index in [-0.39, 0.29) is 5.41 Å². The number of hydrogen-bond acceptors (Lipinski definition) is 3. The molecule has 23 heavy (non-hydrogen) atoms. The van der Waals surface area contributed by atoms with Crippen molar-refractivity contribution in [2.24, 2.45) is 0 Å². The van der Waals surface area contributed by atoms with Gasteiger partial charge in [0.2, 0.25) is 0 Å². The molecule has 1 fully saturated rings. The van der Waals surface area contributed by atoms with E-state index >= 15 is 0 Å². The van der Waals surface area contributed by atoms with Crippen LogP contribution in [0.3, 0.4) is 0 Å². The molecule has 0 aromatic heterocycles. The highest BCUT2D eigenvalue weighted by atomic mass is 16.5. The van der Waals surface area contributed by atoms with Crippen molar-refractivity contribution >= 4 is 0 Å². The molecule has 1 aromatic carbocycles. The maximum atomic E-state index is 6.03. The van der Waals surface area contributed by atoms with Crippen LogP contribution in [0.2, 0.25) is 0 Å². The molecule has 0 radical (unpaired) electrons. The number of para-hydroxylation sites is 1. The standard InChI is InChI=1S/C19H31NO3/c1-16-6-5-7-17(19(2,3)4)18(16)23-15-14-22-13-10-20-8-11-21-12-9-20/h5-7H,8-15H2,1-4H3/p+1. The van der Waals surface area contributed by atoms with Gasteiger partial charge in [-0.15, -0.1) is 0 Å². The lowest BCUT2D eigenvalue weighted by atomic mass is 9.85. The molecule has 0 unspecified atom stereocenters. The normalized spacial score (nSPS) is 16.5. The zero-order valence-corrected chi connectivity index (χ0v) is 15.1. The Balaban J connectivity index is 1.72. The van der Waals surface area contributed by atoms with Gasteiger partial charge in [0.25, 0.3) is 0 Å². The summed E-state index contributed by atoms with van der Waals surface area (Å²) < 4.78 is 17.1. The number of quaternary nitrogens is 1. The minimum Gasteiger partial charge on any atom is -0.491 e. The first-order valence-electron chi connectivity index (χ1n) is 8.70. The van der Waals surface area contributed by atoms with Crippen LogP contribution in [0.5, 0.6) is 5.75 Å². The molecule has 0 atom stereocenters. The van der Waals surface area contributed by atoms with Gasteiger partial charge in [0.15, 0.2) is 0 Å². The average molecular weight is 322 g/mol. The van der Waals surface area contributed by atoms with Gasteiger partial charge in [-0.1, -0.05) is 39.0 Å². The van der Waals surface area contributed by atoms with Crippen LogP contribution in [0.25, 0.3) is 0 Å². The SMILES string of the molecule is Cc1cccc(C(C)(C)C)c1OCCOCC[NH+]1CCOCC1. The van der Waals surface area contributed by atoms with Gasteiger partial charge in [0.1, 0.15) is 32.0 Å². The van der Waals surface area contributed by atoms with Crippen LogP contribution >= 0.6 is 0 Å². The molecule has 0 spiro atoms. The van der Waals surface area contributed by atoms with Crippen LogP contribution in [-0.4, -0.2) is 52.7 Å². The van der Waals surface area contributed by atoms with Crippen molar-refractivity contribution in [1.82, 2.24) is 0 Å². The van der Waals surface area contributed by atoms with E-state index in [1.807, 2.05) is 0 Å². The van der Waals surface area contributed by atoms with E-state index in [0.717, 1.165) is 45.2 Å². The summed E-state index contributed by atoms with van der Waals surface area (Å²) in [5.41, 5.74) is 2.53. The maximum absolute atomic E-state index is 6.03. The van der Waals surface area contributed by atoms with Crippen molar-refractivity contribution in [2.75, 3.05) is 52.7 Å². The first-order valence-corrected chi connectivity index (χ1v) is 8.70. The van der Waals surface area contributed by atoms with Crippen LogP contribution in [0, 0.1) is 6.92 Å². The fourth-order valence-electron chi connectivity index (χ4n) is 2.87. The van der Waals surface area contributed by atoms with Gasteiger partial charge in [0, 0.05) is 0 Å². The Bertz CT molecular complexity index is 476. The van der Waals surface area contributed by atoms with Gasteiger partial charge in [-0.3, -0.25) is 0 Å². The molecule has 2 rings (SSSR count). The summed E-state index contributed by atoms with van der Waals surface area (Å²) in [4.78, 5) is 1.58. The molecular weight excluding hydrogens is 290 g/mol. The molecule has 130 valence electrons. The minimum atomic E-state index is 0.0852. The highest BCUT2D eigenvalue weighted by Crippen LogP contribution is 2.33. The highest BCUT2D eigenvalue weighted by Gasteiger charge is 2.20. The number of benzene rings is 1. The Hall–Kier alpha value is -1.10. The number of morpholine rings is 1.